The number of phenols is 1. The van der Waals surface area contributed by atoms with E-state index in [1.165, 1.54) is 29.4 Å². The molecule has 1 saturated heterocycles. The molecule has 4 nitrogen and oxygen atoms in total. The lowest BCUT2D eigenvalue weighted by Gasteiger charge is -2.39. The summed E-state index contributed by atoms with van der Waals surface area (Å²) in [4.78, 5) is 13.7. The summed E-state index contributed by atoms with van der Waals surface area (Å²) < 4.78 is 4.77. The minimum absolute atomic E-state index is 0.0451. The van der Waals surface area contributed by atoms with E-state index < -0.39 is 0 Å². The molecule has 0 aromatic heterocycles. The molecule has 0 spiro atoms. The predicted molar refractivity (Wildman–Crippen MR) is 81.0 cm³/mol. The summed E-state index contributed by atoms with van der Waals surface area (Å²) in [7, 11) is 1.45. The number of aryl methyl sites for hydroxylation is 1. The normalized spacial score (nSPS) is 19.1. The molecular weight excluding hydrogens is 266 g/mol. The number of hydrogen-bond acceptors (Lipinski definition) is 4. The van der Waals surface area contributed by atoms with Gasteiger partial charge in [0.15, 0.2) is 0 Å². The molecule has 3 rings (SSSR count). The van der Waals surface area contributed by atoms with Crippen molar-refractivity contribution in [1.29, 1.82) is 0 Å². The van der Waals surface area contributed by atoms with E-state index in [1.54, 1.807) is 6.07 Å². The lowest BCUT2D eigenvalue weighted by Crippen LogP contribution is -2.51. The van der Waals surface area contributed by atoms with E-state index in [1.807, 2.05) is 12.1 Å². The van der Waals surface area contributed by atoms with Crippen LogP contribution in [-0.2, 0) is 16.0 Å². The number of phenolic OH excluding ortho intramolecular Hbond substituents is 1. The minimum atomic E-state index is -0.0959. The van der Waals surface area contributed by atoms with E-state index in [-0.39, 0.29) is 11.9 Å². The Morgan fingerprint density at radius 2 is 2.14 bits per heavy atom. The number of methoxy groups -OCH3 is 1. The maximum atomic E-state index is 11.4. The molecule has 1 fully saturated rings. The van der Waals surface area contributed by atoms with E-state index in [0.717, 1.165) is 32.5 Å². The molecule has 0 radical (unpaired) electrons. The molecule has 4 heteroatoms. The Labute approximate surface area is 125 Å². The van der Waals surface area contributed by atoms with Gasteiger partial charge in [-0.2, -0.15) is 0 Å². The van der Waals surface area contributed by atoms with Crippen LogP contribution >= 0.6 is 0 Å². The molecule has 0 atom stereocenters. The summed E-state index contributed by atoms with van der Waals surface area (Å²) in [6, 6.07) is 5.63. The third-order valence-corrected chi connectivity index (χ3v) is 4.63. The Bertz CT molecular complexity index is 600. The lowest BCUT2D eigenvalue weighted by molar-refractivity contribution is -0.151. The SMILES string of the molecule is COC(=O)C1CN(CC2=C(C)c3ccc(O)cc3CC2)C1. The van der Waals surface area contributed by atoms with Crippen LogP contribution in [0.2, 0.25) is 0 Å². The molecule has 1 aliphatic carbocycles. The molecule has 21 heavy (non-hydrogen) atoms. The zero-order chi connectivity index (χ0) is 15.0. The monoisotopic (exact) mass is 287 g/mol. The van der Waals surface area contributed by atoms with Crippen LogP contribution in [0.5, 0.6) is 5.75 Å². The first-order valence-electron chi connectivity index (χ1n) is 7.39. The van der Waals surface area contributed by atoms with Crippen LogP contribution in [-0.4, -0.2) is 42.7 Å². The molecule has 1 N–H and O–H groups in total. The summed E-state index contributed by atoms with van der Waals surface area (Å²) in [5.41, 5.74) is 5.24. The van der Waals surface area contributed by atoms with Crippen molar-refractivity contribution in [2.45, 2.75) is 19.8 Å². The fourth-order valence-corrected chi connectivity index (χ4v) is 3.30. The van der Waals surface area contributed by atoms with Crippen molar-refractivity contribution in [3.8, 4) is 5.75 Å². The van der Waals surface area contributed by atoms with Crippen LogP contribution in [0, 0.1) is 5.92 Å². The molecule has 112 valence electrons. The molecule has 1 aliphatic heterocycles. The van der Waals surface area contributed by atoms with Gasteiger partial charge in [-0.05, 0) is 48.6 Å². The lowest BCUT2D eigenvalue weighted by atomic mass is 9.85. The number of carbonyl (C=O) groups is 1. The van der Waals surface area contributed by atoms with Gasteiger partial charge in [-0.1, -0.05) is 11.6 Å². The molecule has 0 bridgehead atoms. The van der Waals surface area contributed by atoms with Gasteiger partial charge in [-0.15, -0.1) is 0 Å². The average Bonchev–Trinajstić information content (AvgIpc) is 2.43. The maximum absolute atomic E-state index is 11.4. The minimum Gasteiger partial charge on any atom is -0.508 e. The van der Waals surface area contributed by atoms with E-state index in [2.05, 4.69) is 11.8 Å². The largest absolute Gasteiger partial charge is 0.508 e. The summed E-state index contributed by atoms with van der Waals surface area (Å²) in [6.07, 6.45) is 2.01. The smallest absolute Gasteiger partial charge is 0.311 e. The Morgan fingerprint density at radius 1 is 1.38 bits per heavy atom. The number of ether oxygens (including phenoxy) is 1. The fraction of sp³-hybridized carbons (Fsp3) is 0.471. The number of fused-ring (bicyclic) bond motifs is 1. The third kappa shape index (κ3) is 2.68. The Balaban J connectivity index is 1.68. The molecule has 1 aromatic rings. The highest BCUT2D eigenvalue weighted by atomic mass is 16.5. The summed E-state index contributed by atoms with van der Waals surface area (Å²) in [5, 5.41) is 9.57. The number of esters is 1. The van der Waals surface area contributed by atoms with Crippen molar-refractivity contribution in [2.75, 3.05) is 26.7 Å². The van der Waals surface area contributed by atoms with Gasteiger partial charge in [0, 0.05) is 19.6 Å². The number of rotatable bonds is 3. The molecule has 0 unspecified atom stereocenters. The standard InChI is InChI=1S/C17H21NO3/c1-11-13(8-18-9-14(10-18)17(20)21-2)4-3-12-7-15(19)5-6-16(11)12/h5-7,14,19H,3-4,8-10H2,1-2H3. The van der Waals surface area contributed by atoms with Crippen molar-refractivity contribution < 1.29 is 14.6 Å². The summed E-state index contributed by atoms with van der Waals surface area (Å²) >= 11 is 0. The van der Waals surface area contributed by atoms with E-state index >= 15 is 0 Å². The topological polar surface area (TPSA) is 49.8 Å². The quantitative estimate of drug-likeness (QED) is 0.866. The average molecular weight is 287 g/mol. The van der Waals surface area contributed by atoms with Gasteiger partial charge in [0.2, 0.25) is 0 Å². The van der Waals surface area contributed by atoms with Crippen LogP contribution in [0.25, 0.3) is 5.57 Å². The first-order chi connectivity index (χ1) is 10.1. The number of benzene rings is 1. The first kappa shape index (κ1) is 14.1. The molecular formula is C17H21NO3. The number of nitrogens with zero attached hydrogens (tertiary/aromatic N) is 1. The van der Waals surface area contributed by atoms with Gasteiger partial charge in [0.05, 0.1) is 13.0 Å². The van der Waals surface area contributed by atoms with Crippen molar-refractivity contribution in [3.63, 3.8) is 0 Å². The van der Waals surface area contributed by atoms with Crippen LogP contribution in [0.3, 0.4) is 0 Å². The van der Waals surface area contributed by atoms with Gasteiger partial charge in [-0.25, -0.2) is 0 Å². The zero-order valence-corrected chi connectivity index (χ0v) is 12.6. The number of likely N-dealkylation sites (tertiary alicyclic amines) is 1. The Kier molecular flexibility index (Phi) is 3.72. The van der Waals surface area contributed by atoms with Crippen molar-refractivity contribution in [3.05, 3.63) is 34.9 Å². The first-order valence-corrected chi connectivity index (χ1v) is 7.39. The van der Waals surface area contributed by atoms with Gasteiger partial charge in [-0.3, -0.25) is 9.69 Å². The second kappa shape index (κ2) is 5.53. The van der Waals surface area contributed by atoms with Gasteiger partial charge in [0.25, 0.3) is 0 Å². The molecule has 1 aromatic carbocycles. The Hall–Kier alpha value is -1.81. The Morgan fingerprint density at radius 3 is 2.86 bits per heavy atom. The number of allylic oxidation sites excluding steroid dienone is 1. The van der Waals surface area contributed by atoms with E-state index in [0.29, 0.717) is 5.75 Å². The molecule has 0 amide bonds. The molecule has 1 heterocycles. The van der Waals surface area contributed by atoms with Gasteiger partial charge in [0.1, 0.15) is 5.75 Å². The highest BCUT2D eigenvalue weighted by molar-refractivity contribution is 5.74. The molecule has 0 saturated carbocycles. The highest BCUT2D eigenvalue weighted by Crippen LogP contribution is 2.34. The van der Waals surface area contributed by atoms with E-state index in [4.69, 9.17) is 4.74 Å². The second-order valence-electron chi connectivity index (χ2n) is 5.98. The van der Waals surface area contributed by atoms with E-state index in [9.17, 15) is 9.90 Å². The third-order valence-electron chi connectivity index (χ3n) is 4.63. The highest BCUT2D eigenvalue weighted by Gasteiger charge is 2.34. The fourth-order valence-electron chi connectivity index (χ4n) is 3.30. The van der Waals surface area contributed by atoms with Crippen LogP contribution < -0.4 is 0 Å². The van der Waals surface area contributed by atoms with Gasteiger partial charge >= 0.3 is 5.97 Å². The van der Waals surface area contributed by atoms with Crippen LogP contribution in [0.1, 0.15) is 24.5 Å². The van der Waals surface area contributed by atoms with Crippen molar-refractivity contribution in [1.82, 2.24) is 4.90 Å². The van der Waals surface area contributed by atoms with Crippen molar-refractivity contribution >= 4 is 11.5 Å². The summed E-state index contributed by atoms with van der Waals surface area (Å²) in [6.45, 7) is 4.68. The molecule has 2 aliphatic rings. The van der Waals surface area contributed by atoms with Crippen molar-refractivity contribution in [2.24, 2.45) is 5.92 Å². The summed E-state index contributed by atoms with van der Waals surface area (Å²) in [5.74, 6) is 0.291. The number of aromatic hydroxyl groups is 1. The number of hydrogen-bond donors (Lipinski definition) is 1. The maximum Gasteiger partial charge on any atom is 0.311 e. The number of carbonyl (C=O) groups excluding carboxylic acids is 1. The predicted octanol–water partition coefficient (Wildman–Crippen LogP) is 2.22. The second-order valence-corrected chi connectivity index (χ2v) is 5.98. The van der Waals surface area contributed by atoms with Gasteiger partial charge < -0.3 is 9.84 Å². The van der Waals surface area contributed by atoms with Crippen LogP contribution in [0.15, 0.2) is 23.8 Å². The zero-order valence-electron chi connectivity index (χ0n) is 12.6. The van der Waals surface area contributed by atoms with Crippen LogP contribution in [0.4, 0.5) is 0 Å².